The van der Waals surface area contributed by atoms with Gasteiger partial charge in [0, 0.05) is 40.4 Å². The molecular formula is C18H26F3N3O. The minimum absolute atomic E-state index is 0.482. The fourth-order valence-corrected chi connectivity index (χ4v) is 2.44. The maximum absolute atomic E-state index is 12.6. The Balaban J connectivity index is 1.72. The van der Waals surface area contributed by atoms with Gasteiger partial charge in [-0.25, -0.2) is 0 Å². The number of ether oxygens (including phenoxy) is 1. The number of nitrogens with zero attached hydrogens (tertiary/aromatic N) is 2. The summed E-state index contributed by atoms with van der Waals surface area (Å²) < 4.78 is 43.4. The Labute approximate surface area is 147 Å². The highest BCUT2D eigenvalue weighted by Crippen LogP contribution is 2.29. The summed E-state index contributed by atoms with van der Waals surface area (Å²) in [5.74, 6) is 1.48. The molecule has 1 aliphatic rings. The number of nitrogens with one attached hydrogen (secondary N) is 1. The molecule has 0 unspecified atom stereocenters. The van der Waals surface area contributed by atoms with E-state index in [9.17, 15) is 13.2 Å². The predicted octanol–water partition coefficient (Wildman–Crippen LogP) is 3.53. The van der Waals surface area contributed by atoms with Crippen LogP contribution in [-0.4, -0.2) is 44.7 Å². The molecule has 1 fully saturated rings. The predicted molar refractivity (Wildman–Crippen MR) is 92.4 cm³/mol. The van der Waals surface area contributed by atoms with Gasteiger partial charge in [-0.15, -0.1) is 0 Å². The second kappa shape index (κ2) is 9.08. The maximum atomic E-state index is 12.6. The monoisotopic (exact) mass is 357 g/mol. The Morgan fingerprint density at radius 3 is 2.52 bits per heavy atom. The van der Waals surface area contributed by atoms with E-state index in [1.54, 1.807) is 7.05 Å². The quantitative estimate of drug-likeness (QED) is 0.439. The summed E-state index contributed by atoms with van der Waals surface area (Å²) in [4.78, 5) is 6.09. The van der Waals surface area contributed by atoms with E-state index < -0.39 is 11.7 Å². The van der Waals surface area contributed by atoms with Gasteiger partial charge in [-0.3, -0.25) is 4.99 Å². The lowest BCUT2D eigenvalue weighted by Crippen LogP contribution is -2.39. The van der Waals surface area contributed by atoms with Crippen LogP contribution in [0.2, 0.25) is 0 Å². The van der Waals surface area contributed by atoms with Crippen molar-refractivity contribution in [2.45, 2.75) is 32.0 Å². The molecule has 0 heterocycles. The average Bonchev–Trinajstić information content (AvgIpc) is 3.38. The summed E-state index contributed by atoms with van der Waals surface area (Å²) in [6.45, 7) is 2.82. The van der Waals surface area contributed by atoms with Crippen LogP contribution in [0.25, 0.3) is 0 Å². The summed E-state index contributed by atoms with van der Waals surface area (Å²) in [5.41, 5.74) is 0.166. The van der Waals surface area contributed by atoms with Gasteiger partial charge in [0.15, 0.2) is 5.96 Å². The fourth-order valence-electron chi connectivity index (χ4n) is 2.44. The Hall–Kier alpha value is -1.76. The van der Waals surface area contributed by atoms with Gasteiger partial charge in [-0.2, -0.15) is 13.2 Å². The van der Waals surface area contributed by atoms with Crippen molar-refractivity contribution in [2.24, 2.45) is 10.9 Å². The van der Waals surface area contributed by atoms with E-state index >= 15 is 0 Å². The molecule has 0 radical (unpaired) electrons. The van der Waals surface area contributed by atoms with Crippen LogP contribution >= 0.6 is 0 Å². The number of hydrogen-bond acceptors (Lipinski definition) is 2. The van der Waals surface area contributed by atoms with Gasteiger partial charge in [0.25, 0.3) is 0 Å². The van der Waals surface area contributed by atoms with E-state index in [4.69, 9.17) is 4.74 Å². The lowest BCUT2D eigenvalue weighted by molar-refractivity contribution is -0.137. The first-order chi connectivity index (χ1) is 11.9. The Morgan fingerprint density at radius 2 is 1.96 bits per heavy atom. The SMILES string of the molecule is CN=C(NCCCOCC1CC1)N(C)Cc1ccc(C(F)(F)F)cc1. The summed E-state index contributed by atoms with van der Waals surface area (Å²) in [7, 11) is 3.55. The van der Waals surface area contributed by atoms with E-state index in [0.717, 1.165) is 49.8 Å². The number of hydrogen-bond donors (Lipinski definition) is 1. The first-order valence-corrected chi connectivity index (χ1v) is 8.56. The summed E-state index contributed by atoms with van der Waals surface area (Å²) >= 11 is 0. The number of aliphatic imine (C=N–C) groups is 1. The lowest BCUT2D eigenvalue weighted by Gasteiger charge is -2.22. The molecule has 0 amide bonds. The van der Waals surface area contributed by atoms with Crippen molar-refractivity contribution in [3.8, 4) is 0 Å². The third-order valence-corrected chi connectivity index (χ3v) is 4.07. The van der Waals surface area contributed by atoms with Gasteiger partial charge < -0.3 is 15.0 Å². The van der Waals surface area contributed by atoms with Crippen molar-refractivity contribution in [1.82, 2.24) is 10.2 Å². The van der Waals surface area contributed by atoms with Crippen LogP contribution in [-0.2, 0) is 17.5 Å². The third-order valence-electron chi connectivity index (χ3n) is 4.07. The molecule has 0 spiro atoms. The van der Waals surface area contributed by atoms with Crippen LogP contribution in [0.3, 0.4) is 0 Å². The molecule has 0 atom stereocenters. The molecule has 0 bridgehead atoms. The van der Waals surface area contributed by atoms with Gasteiger partial charge in [0.2, 0.25) is 0 Å². The largest absolute Gasteiger partial charge is 0.416 e. The van der Waals surface area contributed by atoms with Crippen molar-refractivity contribution in [2.75, 3.05) is 33.9 Å². The summed E-state index contributed by atoms with van der Waals surface area (Å²) in [6.07, 6.45) is -0.831. The van der Waals surface area contributed by atoms with Gasteiger partial charge in [0.1, 0.15) is 0 Å². The first-order valence-electron chi connectivity index (χ1n) is 8.56. The van der Waals surface area contributed by atoms with E-state index in [-0.39, 0.29) is 0 Å². The van der Waals surface area contributed by atoms with Gasteiger partial charge >= 0.3 is 6.18 Å². The highest BCUT2D eigenvalue weighted by molar-refractivity contribution is 5.79. The number of rotatable bonds is 8. The second-order valence-electron chi connectivity index (χ2n) is 6.40. The molecule has 1 saturated carbocycles. The Bertz CT molecular complexity index is 554. The van der Waals surface area contributed by atoms with Crippen LogP contribution in [0.5, 0.6) is 0 Å². The zero-order chi connectivity index (χ0) is 18.3. The van der Waals surface area contributed by atoms with Gasteiger partial charge in [-0.05, 0) is 42.9 Å². The molecule has 0 aromatic heterocycles. The van der Waals surface area contributed by atoms with Crippen molar-refractivity contribution >= 4 is 5.96 Å². The second-order valence-corrected chi connectivity index (χ2v) is 6.40. The zero-order valence-corrected chi connectivity index (χ0v) is 14.8. The first kappa shape index (κ1) is 19.6. The molecular weight excluding hydrogens is 331 g/mol. The van der Waals surface area contributed by atoms with Gasteiger partial charge in [0.05, 0.1) is 5.56 Å². The molecule has 140 valence electrons. The summed E-state index contributed by atoms with van der Waals surface area (Å²) in [6, 6.07) is 5.21. The van der Waals surface area contributed by atoms with E-state index in [1.807, 2.05) is 11.9 Å². The number of guanidine groups is 1. The van der Waals surface area contributed by atoms with Crippen LogP contribution in [0.4, 0.5) is 13.2 Å². The van der Waals surface area contributed by atoms with E-state index in [0.29, 0.717) is 12.5 Å². The van der Waals surface area contributed by atoms with Crippen molar-refractivity contribution < 1.29 is 17.9 Å². The maximum Gasteiger partial charge on any atom is 0.416 e. The molecule has 25 heavy (non-hydrogen) atoms. The molecule has 0 saturated heterocycles. The van der Waals surface area contributed by atoms with E-state index in [2.05, 4.69) is 10.3 Å². The number of halogens is 3. The Morgan fingerprint density at radius 1 is 1.28 bits per heavy atom. The number of alkyl halides is 3. The standard InChI is InChI=1S/C18H26F3N3O/c1-22-17(23-10-3-11-25-13-15-4-5-15)24(2)12-14-6-8-16(9-7-14)18(19,20)21/h6-9,15H,3-5,10-13H2,1-2H3,(H,22,23). The average molecular weight is 357 g/mol. The minimum Gasteiger partial charge on any atom is -0.381 e. The lowest BCUT2D eigenvalue weighted by atomic mass is 10.1. The third kappa shape index (κ3) is 6.94. The van der Waals surface area contributed by atoms with Crippen molar-refractivity contribution in [1.29, 1.82) is 0 Å². The summed E-state index contributed by atoms with van der Waals surface area (Å²) in [5, 5.41) is 3.24. The van der Waals surface area contributed by atoms with Crippen LogP contribution < -0.4 is 5.32 Å². The number of benzene rings is 1. The molecule has 1 aromatic rings. The van der Waals surface area contributed by atoms with E-state index in [1.165, 1.54) is 25.0 Å². The van der Waals surface area contributed by atoms with Crippen LogP contribution in [0, 0.1) is 5.92 Å². The minimum atomic E-state index is -4.30. The Kier molecular flexibility index (Phi) is 7.11. The molecule has 1 N–H and O–H groups in total. The van der Waals surface area contributed by atoms with Gasteiger partial charge in [-0.1, -0.05) is 12.1 Å². The molecule has 4 nitrogen and oxygen atoms in total. The molecule has 1 aliphatic carbocycles. The highest BCUT2D eigenvalue weighted by Gasteiger charge is 2.29. The topological polar surface area (TPSA) is 36.9 Å². The van der Waals surface area contributed by atoms with Crippen molar-refractivity contribution in [3.63, 3.8) is 0 Å². The fraction of sp³-hybridized carbons (Fsp3) is 0.611. The van der Waals surface area contributed by atoms with Crippen molar-refractivity contribution in [3.05, 3.63) is 35.4 Å². The molecule has 1 aromatic carbocycles. The smallest absolute Gasteiger partial charge is 0.381 e. The van der Waals surface area contributed by atoms with Crippen LogP contribution in [0.1, 0.15) is 30.4 Å². The molecule has 2 rings (SSSR count). The normalized spacial score (nSPS) is 15.3. The van der Waals surface area contributed by atoms with Crippen LogP contribution in [0.15, 0.2) is 29.3 Å². The molecule has 7 heteroatoms. The highest BCUT2D eigenvalue weighted by atomic mass is 19.4. The zero-order valence-electron chi connectivity index (χ0n) is 14.8. The molecule has 0 aliphatic heterocycles.